The van der Waals surface area contributed by atoms with Gasteiger partial charge in [-0.25, -0.2) is 0 Å². The zero-order chi connectivity index (χ0) is 10.8. The van der Waals surface area contributed by atoms with Crippen molar-refractivity contribution in [3.05, 3.63) is 0 Å². The maximum atomic E-state index is 3.64. The van der Waals surface area contributed by atoms with Gasteiger partial charge in [0.2, 0.25) is 0 Å². The Morgan fingerprint density at radius 2 is 1.93 bits per heavy atom. The van der Waals surface area contributed by atoms with Crippen LogP contribution in [0.1, 0.15) is 47.5 Å². The smallest absolute Gasteiger partial charge is 0.0198 e. The molecule has 0 radical (unpaired) electrons. The Labute approximate surface area is 89.1 Å². The Kier molecular flexibility index (Phi) is 3.96. The summed E-state index contributed by atoms with van der Waals surface area (Å²) in [6.45, 7) is 13.9. The minimum Gasteiger partial charge on any atom is -0.311 e. The summed E-state index contributed by atoms with van der Waals surface area (Å²) in [6, 6.07) is 1.31. The van der Waals surface area contributed by atoms with E-state index in [1.807, 2.05) is 0 Å². The molecule has 0 aromatic rings. The minimum absolute atomic E-state index is 0.331. The van der Waals surface area contributed by atoms with E-state index in [1.54, 1.807) is 0 Å². The van der Waals surface area contributed by atoms with Gasteiger partial charge >= 0.3 is 0 Å². The van der Waals surface area contributed by atoms with Crippen molar-refractivity contribution in [1.29, 1.82) is 0 Å². The summed E-state index contributed by atoms with van der Waals surface area (Å²) in [5.41, 5.74) is 0.331. The second-order valence-corrected chi connectivity index (χ2v) is 5.78. The summed E-state index contributed by atoms with van der Waals surface area (Å²) in [6.07, 6.45) is 2.67. The first-order chi connectivity index (χ1) is 6.39. The lowest BCUT2D eigenvalue weighted by atomic mass is 9.98. The number of nitrogens with one attached hydrogen (secondary N) is 1. The van der Waals surface area contributed by atoms with Crippen molar-refractivity contribution in [2.24, 2.45) is 0 Å². The Morgan fingerprint density at radius 1 is 1.29 bits per heavy atom. The third kappa shape index (κ3) is 3.58. The van der Waals surface area contributed by atoms with Gasteiger partial charge < -0.3 is 5.32 Å². The van der Waals surface area contributed by atoms with Gasteiger partial charge in [-0.15, -0.1) is 0 Å². The fourth-order valence-electron chi connectivity index (χ4n) is 2.19. The van der Waals surface area contributed by atoms with Gasteiger partial charge in [-0.05, 0) is 40.2 Å². The fraction of sp³-hybridized carbons (Fsp3) is 1.00. The maximum Gasteiger partial charge on any atom is 0.0198 e. The van der Waals surface area contributed by atoms with Crippen LogP contribution >= 0.6 is 0 Å². The molecule has 0 aromatic heterocycles. The van der Waals surface area contributed by atoms with Crippen molar-refractivity contribution < 1.29 is 0 Å². The van der Waals surface area contributed by atoms with Crippen LogP contribution < -0.4 is 5.32 Å². The fourth-order valence-corrected chi connectivity index (χ4v) is 2.19. The third-order valence-electron chi connectivity index (χ3n) is 2.94. The van der Waals surface area contributed by atoms with Gasteiger partial charge in [0.1, 0.15) is 0 Å². The molecular formula is C12H26N2. The summed E-state index contributed by atoms with van der Waals surface area (Å²) in [5, 5.41) is 3.64. The number of hydrogen-bond donors (Lipinski definition) is 1. The van der Waals surface area contributed by atoms with E-state index in [1.165, 1.54) is 25.9 Å². The zero-order valence-electron chi connectivity index (χ0n) is 10.4. The molecule has 0 unspecified atom stereocenters. The van der Waals surface area contributed by atoms with E-state index in [0.717, 1.165) is 0 Å². The topological polar surface area (TPSA) is 15.3 Å². The number of rotatable bonds is 2. The molecule has 1 rings (SSSR count). The molecule has 0 spiro atoms. The van der Waals surface area contributed by atoms with Crippen LogP contribution in [0.15, 0.2) is 0 Å². The van der Waals surface area contributed by atoms with Crippen LogP contribution in [0.25, 0.3) is 0 Å². The van der Waals surface area contributed by atoms with Gasteiger partial charge in [-0.2, -0.15) is 0 Å². The van der Waals surface area contributed by atoms with Crippen molar-refractivity contribution in [1.82, 2.24) is 10.2 Å². The summed E-state index contributed by atoms with van der Waals surface area (Å²) >= 11 is 0. The van der Waals surface area contributed by atoms with Crippen molar-refractivity contribution in [2.45, 2.75) is 65.1 Å². The van der Waals surface area contributed by atoms with Crippen molar-refractivity contribution in [2.75, 3.05) is 13.1 Å². The maximum absolute atomic E-state index is 3.64. The van der Waals surface area contributed by atoms with Gasteiger partial charge in [0.25, 0.3) is 0 Å². The van der Waals surface area contributed by atoms with E-state index in [4.69, 9.17) is 0 Å². The third-order valence-corrected chi connectivity index (χ3v) is 2.94. The summed E-state index contributed by atoms with van der Waals surface area (Å²) < 4.78 is 0. The van der Waals surface area contributed by atoms with Crippen LogP contribution in [0.2, 0.25) is 0 Å². The van der Waals surface area contributed by atoms with E-state index < -0.39 is 0 Å². The van der Waals surface area contributed by atoms with Crippen molar-refractivity contribution in [3.63, 3.8) is 0 Å². The molecule has 1 N–H and O–H groups in total. The van der Waals surface area contributed by atoms with Gasteiger partial charge in [0.05, 0.1) is 0 Å². The Morgan fingerprint density at radius 3 is 2.43 bits per heavy atom. The lowest BCUT2D eigenvalue weighted by molar-refractivity contribution is 0.0885. The van der Waals surface area contributed by atoms with Gasteiger partial charge in [0.15, 0.2) is 0 Å². The molecule has 1 saturated heterocycles. The van der Waals surface area contributed by atoms with Gasteiger partial charge in [0, 0.05) is 24.2 Å². The molecule has 1 fully saturated rings. The predicted octanol–water partition coefficient (Wildman–Crippen LogP) is 2.25. The molecule has 2 nitrogen and oxygen atoms in total. The first-order valence-electron chi connectivity index (χ1n) is 5.90. The van der Waals surface area contributed by atoms with E-state index in [9.17, 15) is 0 Å². The first-order valence-corrected chi connectivity index (χ1v) is 5.90. The quantitative estimate of drug-likeness (QED) is 0.732. The molecule has 0 aliphatic carbocycles. The number of hydrogen-bond acceptors (Lipinski definition) is 2. The normalized spacial score (nSPS) is 25.7. The molecule has 2 heteroatoms. The van der Waals surface area contributed by atoms with E-state index >= 15 is 0 Å². The summed E-state index contributed by atoms with van der Waals surface area (Å²) in [7, 11) is 0. The molecular weight excluding hydrogens is 172 g/mol. The molecule has 0 amide bonds. The van der Waals surface area contributed by atoms with E-state index in [-0.39, 0.29) is 0 Å². The largest absolute Gasteiger partial charge is 0.311 e. The van der Waals surface area contributed by atoms with Crippen LogP contribution in [0, 0.1) is 0 Å². The van der Waals surface area contributed by atoms with Crippen LogP contribution in [-0.4, -0.2) is 35.6 Å². The standard InChI is InChI=1S/C12H26N2/c1-10(2)13-11-7-6-8-14(9-11)12(3,4)5/h10-11,13H,6-9H2,1-5H3/t11-/m1/s1. The summed E-state index contributed by atoms with van der Waals surface area (Å²) in [5.74, 6) is 0. The number of piperidine rings is 1. The highest BCUT2D eigenvalue weighted by Crippen LogP contribution is 2.20. The van der Waals surface area contributed by atoms with Gasteiger partial charge in [-0.3, -0.25) is 4.90 Å². The van der Waals surface area contributed by atoms with E-state index in [0.29, 0.717) is 17.6 Å². The number of nitrogens with zero attached hydrogens (tertiary/aromatic N) is 1. The molecule has 0 saturated carbocycles. The summed E-state index contributed by atoms with van der Waals surface area (Å²) in [4.78, 5) is 2.59. The highest BCUT2D eigenvalue weighted by atomic mass is 15.2. The van der Waals surface area contributed by atoms with Crippen LogP contribution in [0.5, 0.6) is 0 Å². The predicted molar refractivity (Wildman–Crippen MR) is 62.6 cm³/mol. The number of likely N-dealkylation sites (tertiary alicyclic amines) is 1. The average molecular weight is 198 g/mol. The van der Waals surface area contributed by atoms with Gasteiger partial charge in [-0.1, -0.05) is 13.8 Å². The lowest BCUT2D eigenvalue weighted by Crippen LogP contribution is -2.53. The Balaban J connectivity index is 2.44. The van der Waals surface area contributed by atoms with Crippen molar-refractivity contribution in [3.8, 4) is 0 Å². The van der Waals surface area contributed by atoms with Crippen molar-refractivity contribution >= 4 is 0 Å². The molecule has 1 atom stereocenters. The highest BCUT2D eigenvalue weighted by Gasteiger charge is 2.27. The van der Waals surface area contributed by atoms with Crippen LogP contribution in [-0.2, 0) is 0 Å². The molecule has 1 aliphatic rings. The Bertz CT molecular complexity index is 170. The Hall–Kier alpha value is -0.0800. The minimum atomic E-state index is 0.331. The van der Waals surface area contributed by atoms with Crippen LogP contribution in [0.4, 0.5) is 0 Å². The second kappa shape index (κ2) is 4.63. The lowest BCUT2D eigenvalue weighted by Gasteiger charge is -2.42. The first kappa shape index (κ1) is 12.0. The molecule has 0 aromatic carbocycles. The molecule has 14 heavy (non-hydrogen) atoms. The highest BCUT2D eigenvalue weighted by molar-refractivity contribution is 4.85. The molecule has 1 aliphatic heterocycles. The average Bonchev–Trinajstić information content (AvgIpc) is 2.01. The molecule has 0 bridgehead atoms. The molecule has 1 heterocycles. The monoisotopic (exact) mass is 198 g/mol. The zero-order valence-corrected chi connectivity index (χ0v) is 10.4. The second-order valence-electron chi connectivity index (χ2n) is 5.78. The SMILES string of the molecule is CC(C)N[C@@H]1CCCN(C(C)(C)C)C1. The van der Waals surface area contributed by atoms with E-state index in [2.05, 4.69) is 44.8 Å². The molecule has 84 valence electrons. The van der Waals surface area contributed by atoms with Crippen LogP contribution in [0.3, 0.4) is 0 Å².